The van der Waals surface area contributed by atoms with Crippen molar-refractivity contribution >= 4 is 23.4 Å². The minimum Gasteiger partial charge on any atom is -0.483 e. The second-order valence-electron chi connectivity index (χ2n) is 7.22. The molecule has 1 atom stereocenters. The maximum atomic E-state index is 13.1. The molecular formula is C22H25FN4O2S. The van der Waals surface area contributed by atoms with Crippen LogP contribution in [0.4, 0.5) is 10.1 Å². The Morgan fingerprint density at radius 1 is 1.10 bits per heavy atom. The summed E-state index contributed by atoms with van der Waals surface area (Å²) in [5.74, 6) is 0.985. The van der Waals surface area contributed by atoms with Crippen molar-refractivity contribution in [1.82, 2.24) is 14.8 Å². The Bertz CT molecular complexity index is 987. The number of ether oxygens (including phenoxy) is 1. The van der Waals surface area contributed by atoms with E-state index in [1.54, 1.807) is 12.1 Å². The predicted octanol–water partition coefficient (Wildman–Crippen LogP) is 5.18. The average molecular weight is 429 g/mol. The van der Waals surface area contributed by atoms with E-state index in [1.165, 1.54) is 23.9 Å². The minimum absolute atomic E-state index is 0.0805. The number of aryl methyl sites for hydroxylation is 1. The van der Waals surface area contributed by atoms with E-state index in [1.807, 2.05) is 56.5 Å². The number of aromatic nitrogens is 3. The van der Waals surface area contributed by atoms with Gasteiger partial charge < -0.3 is 14.6 Å². The largest absolute Gasteiger partial charge is 0.483 e. The van der Waals surface area contributed by atoms with Crippen molar-refractivity contribution in [2.75, 3.05) is 11.1 Å². The summed E-state index contributed by atoms with van der Waals surface area (Å²) in [4.78, 5) is 12.3. The molecule has 0 fully saturated rings. The van der Waals surface area contributed by atoms with Crippen LogP contribution >= 0.6 is 11.8 Å². The number of rotatable bonds is 8. The van der Waals surface area contributed by atoms with E-state index < -0.39 is 0 Å². The van der Waals surface area contributed by atoms with Gasteiger partial charge in [0.05, 0.1) is 5.75 Å². The van der Waals surface area contributed by atoms with Crippen LogP contribution in [-0.4, -0.2) is 26.4 Å². The van der Waals surface area contributed by atoms with Crippen molar-refractivity contribution in [3.63, 3.8) is 0 Å². The first-order chi connectivity index (χ1) is 14.3. The van der Waals surface area contributed by atoms with E-state index >= 15 is 0 Å². The van der Waals surface area contributed by atoms with Crippen LogP contribution in [0.25, 0.3) is 0 Å². The van der Waals surface area contributed by atoms with E-state index in [4.69, 9.17) is 4.74 Å². The smallest absolute Gasteiger partial charge is 0.234 e. The number of nitrogens with zero attached hydrogens (tertiary/aromatic N) is 3. The molecule has 3 rings (SSSR count). The normalized spacial score (nSPS) is 12.1. The second kappa shape index (κ2) is 9.75. The SMILES string of the molecule is Cc1ccc(NC(=O)CSc2nnc(C(C)Oc3ccc(F)cc3)n2C(C)C)cc1. The van der Waals surface area contributed by atoms with E-state index in [2.05, 4.69) is 15.5 Å². The van der Waals surface area contributed by atoms with Gasteiger partial charge in [0.25, 0.3) is 0 Å². The third kappa shape index (κ3) is 5.60. The Morgan fingerprint density at radius 2 is 1.77 bits per heavy atom. The first-order valence-electron chi connectivity index (χ1n) is 9.70. The Kier molecular flexibility index (Phi) is 7.10. The van der Waals surface area contributed by atoms with Crippen molar-refractivity contribution in [3.05, 3.63) is 65.7 Å². The number of hydrogen-bond donors (Lipinski definition) is 1. The standard InChI is InChI=1S/C22H25FN4O2S/c1-14(2)27-21(16(4)29-19-11-7-17(23)8-12-19)25-26-22(27)30-13-20(28)24-18-9-5-15(3)6-10-18/h5-12,14,16H,13H2,1-4H3,(H,24,28). The van der Waals surface area contributed by atoms with Crippen LogP contribution in [0.2, 0.25) is 0 Å². The third-order valence-corrected chi connectivity index (χ3v) is 5.31. The van der Waals surface area contributed by atoms with Crippen molar-refractivity contribution in [3.8, 4) is 5.75 Å². The number of carbonyl (C=O) groups excluding carboxylic acids is 1. The summed E-state index contributed by atoms with van der Waals surface area (Å²) < 4.78 is 21.0. The lowest BCUT2D eigenvalue weighted by Gasteiger charge is -2.18. The van der Waals surface area contributed by atoms with E-state index in [0.717, 1.165) is 11.3 Å². The zero-order valence-corrected chi connectivity index (χ0v) is 18.2. The van der Waals surface area contributed by atoms with Crippen LogP contribution in [-0.2, 0) is 4.79 Å². The Hall–Kier alpha value is -2.87. The first-order valence-corrected chi connectivity index (χ1v) is 10.7. The second-order valence-corrected chi connectivity index (χ2v) is 8.16. The number of benzene rings is 2. The molecular weight excluding hydrogens is 403 g/mol. The molecule has 1 N–H and O–H groups in total. The fraction of sp³-hybridized carbons (Fsp3) is 0.318. The highest BCUT2D eigenvalue weighted by molar-refractivity contribution is 7.99. The van der Waals surface area contributed by atoms with E-state index in [0.29, 0.717) is 16.7 Å². The first kappa shape index (κ1) is 21.8. The van der Waals surface area contributed by atoms with E-state index in [9.17, 15) is 9.18 Å². The molecule has 0 saturated carbocycles. The molecule has 1 heterocycles. The van der Waals surface area contributed by atoms with Gasteiger partial charge in [-0.15, -0.1) is 10.2 Å². The molecule has 0 aliphatic rings. The Balaban J connectivity index is 1.66. The number of hydrogen-bond acceptors (Lipinski definition) is 5. The van der Waals surface area contributed by atoms with Gasteiger partial charge in [0.2, 0.25) is 5.91 Å². The monoisotopic (exact) mass is 428 g/mol. The summed E-state index contributed by atoms with van der Waals surface area (Å²) in [5, 5.41) is 12.1. The van der Waals surface area contributed by atoms with Crippen LogP contribution in [0.3, 0.4) is 0 Å². The van der Waals surface area contributed by atoms with Gasteiger partial charge in [-0.1, -0.05) is 29.5 Å². The molecule has 1 aromatic heterocycles. The predicted molar refractivity (Wildman–Crippen MR) is 116 cm³/mol. The Morgan fingerprint density at radius 3 is 2.40 bits per heavy atom. The maximum absolute atomic E-state index is 13.1. The minimum atomic E-state index is -0.388. The quantitative estimate of drug-likeness (QED) is 0.501. The molecule has 3 aromatic rings. The van der Waals surface area contributed by atoms with Crippen molar-refractivity contribution < 1.29 is 13.9 Å². The summed E-state index contributed by atoms with van der Waals surface area (Å²) in [7, 11) is 0. The molecule has 0 radical (unpaired) electrons. The molecule has 1 unspecified atom stereocenters. The number of halogens is 1. The van der Waals surface area contributed by atoms with Gasteiger partial charge in [-0.25, -0.2) is 4.39 Å². The number of anilines is 1. The fourth-order valence-corrected chi connectivity index (χ4v) is 3.76. The van der Waals surface area contributed by atoms with Gasteiger partial charge in [-0.2, -0.15) is 0 Å². The average Bonchev–Trinajstić information content (AvgIpc) is 3.14. The van der Waals surface area contributed by atoms with Crippen LogP contribution in [0.1, 0.15) is 44.3 Å². The van der Waals surface area contributed by atoms with Crippen molar-refractivity contribution in [1.29, 1.82) is 0 Å². The number of nitrogens with one attached hydrogen (secondary N) is 1. The summed E-state index contributed by atoms with van der Waals surface area (Å²) >= 11 is 1.32. The van der Waals surface area contributed by atoms with Gasteiger partial charge in [-0.3, -0.25) is 4.79 Å². The molecule has 6 nitrogen and oxygen atoms in total. The maximum Gasteiger partial charge on any atom is 0.234 e. The highest BCUT2D eigenvalue weighted by atomic mass is 32.2. The van der Waals surface area contributed by atoms with Gasteiger partial charge >= 0.3 is 0 Å². The lowest BCUT2D eigenvalue weighted by molar-refractivity contribution is -0.113. The fourth-order valence-electron chi connectivity index (χ4n) is 2.88. The molecule has 2 aromatic carbocycles. The summed E-state index contributed by atoms with van der Waals surface area (Å²) in [5.41, 5.74) is 1.90. The van der Waals surface area contributed by atoms with Crippen LogP contribution in [0, 0.1) is 12.7 Å². The molecule has 30 heavy (non-hydrogen) atoms. The van der Waals surface area contributed by atoms with Gasteiger partial charge in [0.15, 0.2) is 17.1 Å². The highest BCUT2D eigenvalue weighted by Gasteiger charge is 2.22. The summed E-state index contributed by atoms with van der Waals surface area (Å²) in [6.07, 6.45) is -0.388. The molecule has 0 bridgehead atoms. The molecule has 158 valence electrons. The molecule has 0 spiro atoms. The van der Waals surface area contributed by atoms with Gasteiger partial charge in [0, 0.05) is 11.7 Å². The summed E-state index contributed by atoms with van der Waals surface area (Å²) in [6, 6.07) is 13.6. The van der Waals surface area contributed by atoms with Crippen LogP contribution in [0.15, 0.2) is 53.7 Å². The van der Waals surface area contributed by atoms with Crippen LogP contribution < -0.4 is 10.1 Å². The number of thioether (sulfide) groups is 1. The molecule has 1 amide bonds. The topological polar surface area (TPSA) is 69.0 Å². The van der Waals surface area contributed by atoms with Crippen LogP contribution in [0.5, 0.6) is 5.75 Å². The lowest BCUT2D eigenvalue weighted by Crippen LogP contribution is -2.16. The van der Waals surface area contributed by atoms with Gasteiger partial charge in [-0.05, 0) is 64.1 Å². The molecule has 0 saturated heterocycles. The zero-order valence-electron chi connectivity index (χ0n) is 17.4. The zero-order chi connectivity index (χ0) is 21.7. The number of carbonyl (C=O) groups is 1. The van der Waals surface area contributed by atoms with Crippen molar-refractivity contribution in [2.24, 2.45) is 0 Å². The third-order valence-electron chi connectivity index (χ3n) is 4.37. The Labute approximate surface area is 179 Å². The van der Waals surface area contributed by atoms with Crippen molar-refractivity contribution in [2.45, 2.75) is 45.0 Å². The van der Waals surface area contributed by atoms with Gasteiger partial charge in [0.1, 0.15) is 11.6 Å². The molecule has 0 aliphatic heterocycles. The number of amides is 1. The molecule has 8 heteroatoms. The lowest BCUT2D eigenvalue weighted by atomic mass is 10.2. The molecule has 0 aliphatic carbocycles. The van der Waals surface area contributed by atoms with E-state index in [-0.39, 0.29) is 29.6 Å². The summed E-state index contributed by atoms with van der Waals surface area (Å²) in [6.45, 7) is 7.91. The highest BCUT2D eigenvalue weighted by Crippen LogP contribution is 2.27.